The van der Waals surface area contributed by atoms with Crippen LogP contribution in [0.3, 0.4) is 0 Å². The van der Waals surface area contributed by atoms with Crippen molar-refractivity contribution in [1.29, 1.82) is 5.26 Å². The molecule has 5 rings (SSSR count). The molecule has 100 valence electrons. The lowest BCUT2D eigenvalue weighted by molar-refractivity contribution is -0.0569. The maximum absolute atomic E-state index is 8.87. The minimum absolute atomic E-state index is 0.646. The second-order valence-electron chi connectivity index (χ2n) is 7.15. The van der Waals surface area contributed by atoms with Gasteiger partial charge in [-0.1, -0.05) is 0 Å². The Hall–Kier alpha value is -0.880. The third-order valence-electron chi connectivity index (χ3n) is 5.70. The van der Waals surface area contributed by atoms with Crippen LogP contribution >= 0.6 is 11.3 Å². The summed E-state index contributed by atoms with van der Waals surface area (Å²) in [4.78, 5) is 5.16. The molecule has 1 heterocycles. The van der Waals surface area contributed by atoms with Gasteiger partial charge in [0.1, 0.15) is 10.9 Å². The summed E-state index contributed by atoms with van der Waals surface area (Å²) in [5.41, 5.74) is 0.646. The van der Waals surface area contributed by atoms with Gasteiger partial charge >= 0.3 is 0 Å². The molecule has 0 spiro atoms. The molecular weight excluding hydrogens is 252 g/mol. The fourth-order valence-electron chi connectivity index (χ4n) is 5.45. The molecule has 0 radical (unpaired) electrons. The number of hydrogen-bond acceptors (Lipinski definition) is 3. The number of aromatic nitrogens is 1. The summed E-state index contributed by atoms with van der Waals surface area (Å²) in [5.74, 6) is 3.12. The third kappa shape index (κ3) is 2.10. The molecular formula is C16H20N2S. The van der Waals surface area contributed by atoms with Gasteiger partial charge in [0.25, 0.3) is 0 Å². The standard InChI is InChI=1S/C16H20N2S/c17-9-14-10-18-15(19-14)1-2-16-6-11-3-12(7-16)5-13(4-11)8-16/h10-13H,1-8H2. The van der Waals surface area contributed by atoms with E-state index in [-0.39, 0.29) is 0 Å². The van der Waals surface area contributed by atoms with Crippen LogP contribution in [-0.2, 0) is 6.42 Å². The maximum Gasteiger partial charge on any atom is 0.124 e. The molecule has 4 aliphatic carbocycles. The van der Waals surface area contributed by atoms with Gasteiger partial charge < -0.3 is 0 Å². The first-order chi connectivity index (χ1) is 9.25. The van der Waals surface area contributed by atoms with Crippen LogP contribution in [0.5, 0.6) is 0 Å². The molecule has 0 N–H and O–H groups in total. The topological polar surface area (TPSA) is 36.7 Å². The van der Waals surface area contributed by atoms with E-state index in [1.165, 1.54) is 50.0 Å². The van der Waals surface area contributed by atoms with Crippen molar-refractivity contribution in [2.75, 3.05) is 0 Å². The number of hydrogen-bond donors (Lipinski definition) is 0. The van der Waals surface area contributed by atoms with Crippen LogP contribution in [0.4, 0.5) is 0 Å². The lowest BCUT2D eigenvalue weighted by Gasteiger charge is -2.57. The normalized spacial score (nSPS) is 39.4. The van der Waals surface area contributed by atoms with Crippen molar-refractivity contribution >= 4 is 11.3 Å². The summed E-state index contributed by atoms with van der Waals surface area (Å²) < 4.78 is 0. The van der Waals surface area contributed by atoms with Crippen molar-refractivity contribution < 1.29 is 0 Å². The molecule has 19 heavy (non-hydrogen) atoms. The quantitative estimate of drug-likeness (QED) is 0.828. The van der Waals surface area contributed by atoms with Gasteiger partial charge in [0.15, 0.2) is 0 Å². The molecule has 1 aromatic heterocycles. The Labute approximate surface area is 118 Å². The molecule has 0 aliphatic heterocycles. The van der Waals surface area contributed by atoms with Crippen molar-refractivity contribution in [1.82, 2.24) is 4.98 Å². The highest BCUT2D eigenvalue weighted by Gasteiger charge is 2.50. The van der Waals surface area contributed by atoms with E-state index in [0.717, 1.165) is 29.1 Å². The van der Waals surface area contributed by atoms with Crippen LogP contribution in [0.25, 0.3) is 0 Å². The zero-order valence-electron chi connectivity index (χ0n) is 11.3. The van der Waals surface area contributed by atoms with E-state index in [1.807, 2.05) is 0 Å². The summed E-state index contributed by atoms with van der Waals surface area (Å²) in [7, 11) is 0. The van der Waals surface area contributed by atoms with Crippen LogP contribution in [-0.4, -0.2) is 4.98 Å². The monoisotopic (exact) mass is 272 g/mol. The summed E-state index contributed by atoms with van der Waals surface area (Å²) in [6.45, 7) is 0. The molecule has 4 bridgehead atoms. The Bertz CT molecular complexity index is 490. The van der Waals surface area contributed by atoms with Crippen molar-refractivity contribution in [3.8, 4) is 6.07 Å². The van der Waals surface area contributed by atoms with E-state index in [4.69, 9.17) is 5.26 Å². The van der Waals surface area contributed by atoms with Crippen LogP contribution in [0.2, 0.25) is 0 Å². The molecule has 0 unspecified atom stereocenters. The first-order valence-electron chi connectivity index (χ1n) is 7.59. The summed E-state index contributed by atoms with van der Waals surface area (Å²) in [6.07, 6.45) is 13.2. The Morgan fingerprint density at radius 2 is 1.84 bits per heavy atom. The van der Waals surface area contributed by atoms with Crippen molar-refractivity contribution in [2.24, 2.45) is 23.2 Å². The summed E-state index contributed by atoms with van der Waals surface area (Å²) in [6, 6.07) is 2.20. The van der Waals surface area contributed by atoms with Crippen molar-refractivity contribution in [3.63, 3.8) is 0 Å². The predicted molar refractivity (Wildman–Crippen MR) is 75.8 cm³/mol. The van der Waals surface area contributed by atoms with Gasteiger partial charge in [0, 0.05) is 0 Å². The number of nitriles is 1. The molecule has 4 saturated carbocycles. The lowest BCUT2D eigenvalue weighted by Crippen LogP contribution is -2.46. The molecule has 0 aromatic carbocycles. The van der Waals surface area contributed by atoms with Gasteiger partial charge in [0.2, 0.25) is 0 Å². The van der Waals surface area contributed by atoms with Gasteiger partial charge in [-0.3, -0.25) is 0 Å². The largest absolute Gasteiger partial charge is 0.248 e. The Morgan fingerprint density at radius 1 is 1.21 bits per heavy atom. The maximum atomic E-state index is 8.87. The fraction of sp³-hybridized carbons (Fsp3) is 0.750. The highest BCUT2D eigenvalue weighted by Crippen LogP contribution is 2.61. The Morgan fingerprint density at radius 3 is 2.37 bits per heavy atom. The van der Waals surface area contributed by atoms with Crippen LogP contribution in [0, 0.1) is 34.5 Å². The van der Waals surface area contributed by atoms with E-state index in [9.17, 15) is 0 Å². The molecule has 0 atom stereocenters. The first-order valence-corrected chi connectivity index (χ1v) is 8.41. The average molecular weight is 272 g/mol. The van der Waals surface area contributed by atoms with Gasteiger partial charge in [-0.25, -0.2) is 4.98 Å². The molecule has 4 fully saturated rings. The van der Waals surface area contributed by atoms with E-state index in [2.05, 4.69) is 11.1 Å². The number of thiazole rings is 1. The average Bonchev–Trinajstić information content (AvgIpc) is 2.83. The highest BCUT2D eigenvalue weighted by atomic mass is 32.1. The van der Waals surface area contributed by atoms with Crippen molar-refractivity contribution in [2.45, 2.75) is 51.4 Å². The van der Waals surface area contributed by atoms with Crippen LogP contribution in [0.1, 0.15) is 54.8 Å². The minimum atomic E-state index is 0.646. The van der Waals surface area contributed by atoms with Gasteiger partial charge in [-0.15, -0.1) is 11.3 Å². The number of rotatable bonds is 3. The second-order valence-corrected chi connectivity index (χ2v) is 8.26. The SMILES string of the molecule is N#Cc1cnc(CCC23CC4CC(CC(C4)C2)C3)s1. The van der Waals surface area contributed by atoms with Crippen molar-refractivity contribution in [3.05, 3.63) is 16.1 Å². The number of aryl methyl sites for hydroxylation is 1. The van der Waals surface area contributed by atoms with Gasteiger partial charge in [-0.05, 0) is 74.5 Å². The molecule has 1 aromatic rings. The smallest absolute Gasteiger partial charge is 0.124 e. The first kappa shape index (κ1) is 11.9. The molecule has 2 nitrogen and oxygen atoms in total. The van der Waals surface area contributed by atoms with E-state index in [0.29, 0.717) is 5.41 Å². The molecule has 3 heteroatoms. The zero-order valence-corrected chi connectivity index (χ0v) is 12.1. The van der Waals surface area contributed by atoms with Crippen LogP contribution < -0.4 is 0 Å². The van der Waals surface area contributed by atoms with Gasteiger partial charge in [-0.2, -0.15) is 5.26 Å². The molecule has 4 aliphatic rings. The zero-order chi connectivity index (χ0) is 12.9. The van der Waals surface area contributed by atoms with Gasteiger partial charge in [0.05, 0.1) is 11.2 Å². The van der Waals surface area contributed by atoms with E-state index >= 15 is 0 Å². The number of nitrogens with zero attached hydrogens (tertiary/aromatic N) is 2. The summed E-state index contributed by atoms with van der Waals surface area (Å²) in [5, 5.41) is 10.0. The van der Waals surface area contributed by atoms with E-state index in [1.54, 1.807) is 17.5 Å². The Balaban J connectivity index is 1.46. The second kappa shape index (κ2) is 4.31. The fourth-order valence-corrected chi connectivity index (χ4v) is 6.16. The summed E-state index contributed by atoms with van der Waals surface area (Å²) >= 11 is 1.59. The minimum Gasteiger partial charge on any atom is -0.248 e. The van der Waals surface area contributed by atoms with E-state index < -0.39 is 0 Å². The molecule has 0 saturated heterocycles. The third-order valence-corrected chi connectivity index (χ3v) is 6.66. The molecule has 0 amide bonds. The highest BCUT2D eigenvalue weighted by molar-refractivity contribution is 7.12. The lowest BCUT2D eigenvalue weighted by atomic mass is 9.48. The Kier molecular flexibility index (Phi) is 2.70. The van der Waals surface area contributed by atoms with Crippen LogP contribution in [0.15, 0.2) is 6.20 Å². The predicted octanol–water partition coefficient (Wildman–Crippen LogP) is 4.16.